The van der Waals surface area contributed by atoms with Crippen LogP contribution in [0.2, 0.25) is 0 Å². The molecular weight excluding hydrogens is 455 g/mol. The lowest BCUT2D eigenvalue weighted by molar-refractivity contribution is -0.123. The highest BCUT2D eigenvalue weighted by Gasteiger charge is 2.30. The molecule has 4 rings (SSSR count). The molecule has 1 aliphatic rings. The van der Waals surface area contributed by atoms with Crippen LogP contribution in [0.15, 0.2) is 36.8 Å². The van der Waals surface area contributed by atoms with Crippen molar-refractivity contribution < 1.29 is 18.7 Å². The Hall–Kier alpha value is -4.35. The van der Waals surface area contributed by atoms with E-state index in [0.717, 1.165) is 12.4 Å². The number of benzene rings is 1. The number of nitrogens with one attached hydrogen (secondary N) is 3. The summed E-state index contributed by atoms with van der Waals surface area (Å²) in [5.74, 6) is 0.203. The van der Waals surface area contributed by atoms with E-state index in [2.05, 4.69) is 35.9 Å². The number of hydrogen-bond donors (Lipinski definition) is 3. The molecular formula is C23H25FN8O3. The van der Waals surface area contributed by atoms with Crippen LogP contribution in [0.5, 0.6) is 5.75 Å². The van der Waals surface area contributed by atoms with Crippen molar-refractivity contribution in [3.63, 3.8) is 0 Å². The molecule has 1 aliphatic heterocycles. The molecule has 3 heterocycles. The number of halogens is 1. The second-order valence-electron chi connectivity index (χ2n) is 7.79. The highest BCUT2D eigenvalue weighted by Crippen LogP contribution is 2.37. The van der Waals surface area contributed by atoms with Crippen LogP contribution in [0.4, 0.5) is 21.8 Å². The summed E-state index contributed by atoms with van der Waals surface area (Å²) in [5.41, 5.74) is 1.25. The Morgan fingerprint density at radius 2 is 1.89 bits per heavy atom. The van der Waals surface area contributed by atoms with Crippen molar-refractivity contribution in [2.24, 2.45) is 5.92 Å². The van der Waals surface area contributed by atoms with E-state index in [1.165, 1.54) is 20.4 Å². The molecule has 1 atom stereocenters. The lowest BCUT2D eigenvalue weighted by atomic mass is 10.1. The van der Waals surface area contributed by atoms with Crippen LogP contribution in [0.3, 0.4) is 0 Å². The second-order valence-corrected chi connectivity index (χ2v) is 7.79. The molecule has 3 aromatic rings. The maximum absolute atomic E-state index is 13.3. The van der Waals surface area contributed by atoms with E-state index in [9.17, 15) is 14.0 Å². The van der Waals surface area contributed by atoms with E-state index in [0.29, 0.717) is 42.5 Å². The number of rotatable bonds is 7. The molecule has 0 unspecified atom stereocenters. The fourth-order valence-electron chi connectivity index (χ4n) is 3.89. The molecule has 11 nitrogen and oxygen atoms in total. The zero-order valence-corrected chi connectivity index (χ0v) is 19.5. The number of nitrogens with zero attached hydrogens (tertiary/aromatic N) is 5. The number of anilines is 3. The van der Waals surface area contributed by atoms with Gasteiger partial charge in [0.1, 0.15) is 11.4 Å². The van der Waals surface area contributed by atoms with Gasteiger partial charge < -0.3 is 25.6 Å². The van der Waals surface area contributed by atoms with E-state index >= 15 is 0 Å². The summed E-state index contributed by atoms with van der Waals surface area (Å²) in [5, 5.41) is 8.42. The first-order valence-corrected chi connectivity index (χ1v) is 10.9. The number of carbonyl (C=O) groups excluding carboxylic acids is 2. The molecule has 2 amide bonds. The predicted molar refractivity (Wildman–Crippen MR) is 127 cm³/mol. The minimum atomic E-state index is -0.550. The van der Waals surface area contributed by atoms with Crippen LogP contribution in [-0.4, -0.2) is 66.0 Å². The van der Waals surface area contributed by atoms with Gasteiger partial charge in [0, 0.05) is 33.4 Å². The van der Waals surface area contributed by atoms with Crippen molar-refractivity contribution in [2.75, 3.05) is 44.5 Å². The third-order valence-corrected chi connectivity index (χ3v) is 5.67. The molecule has 0 aliphatic carbocycles. The Bertz CT molecular complexity index is 1240. The van der Waals surface area contributed by atoms with Gasteiger partial charge in [0.05, 0.1) is 36.7 Å². The highest BCUT2D eigenvalue weighted by molar-refractivity contribution is 5.99. The molecule has 0 radical (unpaired) electrons. The second kappa shape index (κ2) is 10.3. The standard InChI is InChI=1S/C23H25FN8O3/c1-25-21(33)13-7-8-32(12-13)23-29-11-16(22(34)26-2)20(31-23)30-17-6-4-5-15(18(17)35-3)19-27-9-14(24)10-28-19/h4-6,9-11,13H,7-8,12H2,1-3H3,(H,25,33)(H,26,34)(H,29,30,31)/t13-/m1/s1. The maximum Gasteiger partial charge on any atom is 0.256 e. The average Bonchev–Trinajstić information content (AvgIpc) is 3.38. The number of hydrogen-bond acceptors (Lipinski definition) is 9. The van der Waals surface area contributed by atoms with Crippen molar-refractivity contribution in [3.05, 3.63) is 48.2 Å². The molecule has 0 bridgehead atoms. The van der Waals surface area contributed by atoms with Crippen LogP contribution in [-0.2, 0) is 4.79 Å². The van der Waals surface area contributed by atoms with Gasteiger partial charge in [-0.15, -0.1) is 0 Å². The van der Waals surface area contributed by atoms with E-state index in [-0.39, 0.29) is 34.9 Å². The Balaban J connectivity index is 1.70. The van der Waals surface area contributed by atoms with E-state index < -0.39 is 5.82 Å². The summed E-state index contributed by atoms with van der Waals surface area (Å²) in [6.45, 7) is 1.08. The predicted octanol–water partition coefficient (Wildman–Crippen LogP) is 1.76. The first-order chi connectivity index (χ1) is 16.9. The number of ether oxygens (including phenoxy) is 1. The van der Waals surface area contributed by atoms with Crippen LogP contribution in [0.25, 0.3) is 11.4 Å². The van der Waals surface area contributed by atoms with E-state index in [1.807, 2.05) is 4.90 Å². The minimum Gasteiger partial charge on any atom is -0.494 e. The largest absolute Gasteiger partial charge is 0.494 e. The number of aromatic nitrogens is 4. The average molecular weight is 481 g/mol. The lowest BCUT2D eigenvalue weighted by Crippen LogP contribution is -2.31. The van der Waals surface area contributed by atoms with Gasteiger partial charge in [0.2, 0.25) is 11.9 Å². The molecule has 12 heteroatoms. The van der Waals surface area contributed by atoms with Crippen molar-refractivity contribution in [1.29, 1.82) is 0 Å². The summed E-state index contributed by atoms with van der Waals surface area (Å²) in [6, 6.07) is 5.24. The molecule has 1 fully saturated rings. The van der Waals surface area contributed by atoms with Gasteiger partial charge in [-0.25, -0.2) is 19.3 Å². The fourth-order valence-corrected chi connectivity index (χ4v) is 3.89. The SMILES string of the molecule is CNC(=O)c1cnc(N2CC[C@@H](C(=O)NC)C2)nc1Nc1cccc(-c2ncc(F)cn2)c1OC. The normalized spacial score (nSPS) is 15.0. The number of para-hydroxylation sites is 1. The van der Waals surface area contributed by atoms with E-state index in [4.69, 9.17) is 4.74 Å². The molecule has 1 saturated heterocycles. The zero-order valence-electron chi connectivity index (χ0n) is 19.5. The third-order valence-electron chi connectivity index (χ3n) is 5.67. The molecule has 35 heavy (non-hydrogen) atoms. The first kappa shape index (κ1) is 23.8. The zero-order chi connectivity index (χ0) is 24.9. The Morgan fingerprint density at radius 3 is 2.57 bits per heavy atom. The number of amides is 2. The molecule has 2 aromatic heterocycles. The van der Waals surface area contributed by atoms with Crippen molar-refractivity contribution in [2.45, 2.75) is 6.42 Å². The van der Waals surface area contributed by atoms with Crippen LogP contribution < -0.4 is 25.6 Å². The number of carbonyl (C=O) groups is 2. The van der Waals surface area contributed by atoms with Gasteiger partial charge in [-0.3, -0.25) is 9.59 Å². The Morgan fingerprint density at radius 1 is 1.11 bits per heavy atom. The molecule has 0 spiro atoms. The van der Waals surface area contributed by atoms with Gasteiger partial charge in [-0.2, -0.15) is 4.98 Å². The summed E-state index contributed by atoms with van der Waals surface area (Å²) in [7, 11) is 4.61. The van der Waals surface area contributed by atoms with Crippen LogP contribution in [0, 0.1) is 11.7 Å². The molecule has 3 N–H and O–H groups in total. The maximum atomic E-state index is 13.3. The van der Waals surface area contributed by atoms with Crippen molar-refractivity contribution >= 4 is 29.3 Å². The Labute approximate surface area is 201 Å². The topological polar surface area (TPSA) is 134 Å². The quantitative estimate of drug-likeness (QED) is 0.462. The molecule has 0 saturated carbocycles. The smallest absolute Gasteiger partial charge is 0.256 e. The van der Waals surface area contributed by atoms with Gasteiger partial charge in [-0.05, 0) is 18.6 Å². The van der Waals surface area contributed by atoms with Gasteiger partial charge in [0.25, 0.3) is 5.91 Å². The monoisotopic (exact) mass is 480 g/mol. The van der Waals surface area contributed by atoms with Gasteiger partial charge in [-0.1, -0.05) is 6.07 Å². The fraction of sp³-hybridized carbons (Fsp3) is 0.304. The lowest BCUT2D eigenvalue weighted by Gasteiger charge is -2.19. The van der Waals surface area contributed by atoms with Crippen molar-refractivity contribution in [3.8, 4) is 17.1 Å². The van der Waals surface area contributed by atoms with Gasteiger partial charge in [0.15, 0.2) is 17.4 Å². The van der Waals surface area contributed by atoms with Crippen molar-refractivity contribution in [1.82, 2.24) is 30.6 Å². The number of methoxy groups -OCH3 is 1. The van der Waals surface area contributed by atoms with E-state index in [1.54, 1.807) is 25.2 Å². The summed E-state index contributed by atoms with van der Waals surface area (Å²) in [6.07, 6.45) is 4.27. The molecule has 1 aromatic carbocycles. The summed E-state index contributed by atoms with van der Waals surface area (Å²) >= 11 is 0. The summed E-state index contributed by atoms with van der Waals surface area (Å²) < 4.78 is 18.9. The molecule has 182 valence electrons. The first-order valence-electron chi connectivity index (χ1n) is 10.9. The van der Waals surface area contributed by atoms with Crippen LogP contribution in [0.1, 0.15) is 16.8 Å². The Kier molecular flexibility index (Phi) is 6.99. The summed E-state index contributed by atoms with van der Waals surface area (Å²) in [4.78, 5) is 43.5. The highest BCUT2D eigenvalue weighted by atomic mass is 19.1. The minimum absolute atomic E-state index is 0.0302. The van der Waals surface area contributed by atoms with Crippen LogP contribution >= 0.6 is 0 Å². The van der Waals surface area contributed by atoms with Gasteiger partial charge >= 0.3 is 0 Å². The third kappa shape index (κ3) is 4.95.